The van der Waals surface area contributed by atoms with Gasteiger partial charge in [-0.3, -0.25) is 0 Å². The van der Waals surface area contributed by atoms with E-state index in [9.17, 15) is 0 Å². The van der Waals surface area contributed by atoms with Crippen LogP contribution in [0.15, 0.2) is 4.99 Å². The van der Waals surface area contributed by atoms with Crippen LogP contribution in [0.3, 0.4) is 0 Å². The lowest BCUT2D eigenvalue weighted by atomic mass is 10.3. The van der Waals surface area contributed by atoms with Crippen molar-refractivity contribution in [2.24, 2.45) is 4.99 Å². The van der Waals surface area contributed by atoms with E-state index in [0.717, 1.165) is 0 Å². The van der Waals surface area contributed by atoms with Gasteiger partial charge in [0.2, 0.25) is 0 Å². The van der Waals surface area contributed by atoms with Crippen molar-refractivity contribution in [2.45, 2.75) is 33.1 Å². The molecule has 0 fully saturated rings. The van der Waals surface area contributed by atoms with Gasteiger partial charge < -0.3 is 9.47 Å². The quantitative estimate of drug-likeness (QED) is 0.363. The molecular formula is C8H15NO2S. The van der Waals surface area contributed by atoms with E-state index < -0.39 is 0 Å². The summed E-state index contributed by atoms with van der Waals surface area (Å²) in [7, 11) is 0. The number of nitrogens with zero attached hydrogens (tertiary/aromatic N) is 1. The predicted octanol–water partition coefficient (Wildman–Crippen LogP) is 1.88. The van der Waals surface area contributed by atoms with Crippen LogP contribution in [0.2, 0.25) is 0 Å². The fraction of sp³-hybridized carbons (Fsp3) is 0.875. The highest BCUT2D eigenvalue weighted by Gasteiger charge is 2.15. The Balaban J connectivity index is 3.97. The Morgan fingerprint density at radius 3 is 2.17 bits per heavy atom. The standard InChI is InChI=1S/C8H15NO2S/c1-4-10-8(11-5-2)7(3)9-6-12/h7-8H,4-5H2,1-3H3. The molecule has 1 unspecified atom stereocenters. The molecule has 0 N–H and O–H groups in total. The van der Waals surface area contributed by atoms with E-state index in [2.05, 4.69) is 22.4 Å². The molecule has 3 nitrogen and oxygen atoms in total. The van der Waals surface area contributed by atoms with Crippen LogP contribution < -0.4 is 0 Å². The van der Waals surface area contributed by atoms with Crippen molar-refractivity contribution < 1.29 is 9.47 Å². The average molecular weight is 189 g/mol. The molecule has 0 bridgehead atoms. The number of isothiocyanates is 1. The normalized spacial score (nSPS) is 12.7. The van der Waals surface area contributed by atoms with Crippen LogP contribution in [0, 0.1) is 0 Å². The second kappa shape index (κ2) is 7.37. The topological polar surface area (TPSA) is 30.8 Å². The largest absolute Gasteiger partial charge is 0.351 e. The van der Waals surface area contributed by atoms with E-state index in [-0.39, 0.29) is 12.3 Å². The fourth-order valence-corrected chi connectivity index (χ4v) is 0.965. The maximum absolute atomic E-state index is 5.29. The first-order chi connectivity index (χ1) is 5.76. The minimum Gasteiger partial charge on any atom is -0.351 e. The van der Waals surface area contributed by atoms with Crippen LogP contribution in [-0.4, -0.2) is 30.7 Å². The molecule has 0 saturated heterocycles. The number of thiocarbonyl (C=S) groups is 1. The minimum absolute atomic E-state index is 0.0811. The molecule has 0 aliphatic rings. The molecule has 0 amide bonds. The molecule has 12 heavy (non-hydrogen) atoms. The molecule has 70 valence electrons. The minimum atomic E-state index is -0.296. The van der Waals surface area contributed by atoms with Crippen molar-refractivity contribution in [3.63, 3.8) is 0 Å². The third kappa shape index (κ3) is 4.57. The zero-order chi connectivity index (χ0) is 9.40. The van der Waals surface area contributed by atoms with E-state index in [0.29, 0.717) is 13.2 Å². The average Bonchev–Trinajstić information content (AvgIpc) is 2.04. The molecule has 0 aliphatic carbocycles. The van der Waals surface area contributed by atoms with E-state index in [1.165, 1.54) is 0 Å². The maximum atomic E-state index is 5.29. The summed E-state index contributed by atoms with van der Waals surface area (Å²) in [5, 5.41) is 2.31. The van der Waals surface area contributed by atoms with Gasteiger partial charge in [0, 0.05) is 13.2 Å². The van der Waals surface area contributed by atoms with E-state index in [1.54, 1.807) is 0 Å². The third-order valence-corrected chi connectivity index (χ3v) is 1.42. The van der Waals surface area contributed by atoms with Crippen LogP contribution >= 0.6 is 12.2 Å². The molecule has 0 aromatic heterocycles. The summed E-state index contributed by atoms with van der Waals surface area (Å²) < 4.78 is 10.6. The summed E-state index contributed by atoms with van der Waals surface area (Å²) in [6.07, 6.45) is -0.296. The SMILES string of the molecule is CCOC(OCC)C(C)N=C=S. The van der Waals surface area contributed by atoms with Gasteiger partial charge >= 0.3 is 0 Å². The first kappa shape index (κ1) is 11.7. The molecular weight excluding hydrogens is 174 g/mol. The van der Waals surface area contributed by atoms with E-state index >= 15 is 0 Å². The predicted molar refractivity (Wildman–Crippen MR) is 51.5 cm³/mol. The van der Waals surface area contributed by atoms with Crippen molar-refractivity contribution in [1.82, 2.24) is 0 Å². The van der Waals surface area contributed by atoms with Crippen molar-refractivity contribution in [3.05, 3.63) is 0 Å². The number of hydrogen-bond donors (Lipinski definition) is 0. The number of hydrogen-bond acceptors (Lipinski definition) is 4. The smallest absolute Gasteiger partial charge is 0.180 e. The zero-order valence-corrected chi connectivity index (χ0v) is 8.56. The molecule has 0 aliphatic heterocycles. The van der Waals surface area contributed by atoms with Crippen LogP contribution in [0.25, 0.3) is 0 Å². The summed E-state index contributed by atoms with van der Waals surface area (Å²) in [5.41, 5.74) is 0. The second-order valence-electron chi connectivity index (χ2n) is 2.24. The summed E-state index contributed by atoms with van der Waals surface area (Å²) in [6.45, 7) is 6.94. The van der Waals surface area contributed by atoms with Gasteiger partial charge in [-0.1, -0.05) is 0 Å². The molecule has 0 radical (unpaired) electrons. The first-order valence-electron chi connectivity index (χ1n) is 4.06. The molecule has 0 aromatic rings. The van der Waals surface area contributed by atoms with Gasteiger partial charge in [-0.25, -0.2) is 4.99 Å². The first-order valence-corrected chi connectivity index (χ1v) is 4.47. The van der Waals surface area contributed by atoms with Gasteiger partial charge in [0.05, 0.1) is 5.16 Å². The highest BCUT2D eigenvalue weighted by molar-refractivity contribution is 7.78. The Labute approximate surface area is 78.8 Å². The van der Waals surface area contributed by atoms with Crippen LogP contribution in [0.5, 0.6) is 0 Å². The van der Waals surface area contributed by atoms with Crippen LogP contribution in [0.1, 0.15) is 20.8 Å². The highest BCUT2D eigenvalue weighted by Crippen LogP contribution is 2.04. The molecule has 0 saturated carbocycles. The van der Waals surface area contributed by atoms with Crippen molar-refractivity contribution in [1.29, 1.82) is 0 Å². The maximum Gasteiger partial charge on any atom is 0.180 e. The van der Waals surface area contributed by atoms with Gasteiger partial charge in [-0.15, -0.1) is 0 Å². The van der Waals surface area contributed by atoms with Gasteiger partial charge in [-0.05, 0) is 33.0 Å². The molecule has 1 atom stereocenters. The Hall–Kier alpha value is -0.280. The zero-order valence-electron chi connectivity index (χ0n) is 7.74. The lowest BCUT2D eigenvalue weighted by Gasteiger charge is -2.19. The Morgan fingerprint density at radius 2 is 1.83 bits per heavy atom. The number of ether oxygens (including phenoxy) is 2. The van der Waals surface area contributed by atoms with E-state index in [4.69, 9.17) is 9.47 Å². The lowest BCUT2D eigenvalue weighted by molar-refractivity contribution is -0.144. The molecule has 0 heterocycles. The van der Waals surface area contributed by atoms with Gasteiger partial charge in [-0.2, -0.15) is 0 Å². The summed E-state index contributed by atoms with van der Waals surface area (Å²) in [6, 6.07) is -0.0811. The number of aliphatic imine (C=N–C) groups is 1. The molecule has 0 spiro atoms. The summed E-state index contributed by atoms with van der Waals surface area (Å²) in [4.78, 5) is 3.88. The molecule has 0 aromatic carbocycles. The van der Waals surface area contributed by atoms with Crippen molar-refractivity contribution in [2.75, 3.05) is 13.2 Å². The van der Waals surface area contributed by atoms with E-state index in [1.807, 2.05) is 20.8 Å². The number of rotatable bonds is 6. The van der Waals surface area contributed by atoms with Gasteiger partial charge in [0.15, 0.2) is 6.29 Å². The monoisotopic (exact) mass is 189 g/mol. The second-order valence-corrected chi connectivity index (χ2v) is 2.42. The summed E-state index contributed by atoms with van der Waals surface area (Å²) in [5.74, 6) is 0. The van der Waals surface area contributed by atoms with Crippen LogP contribution in [-0.2, 0) is 9.47 Å². The Bertz CT molecular complexity index is 151. The third-order valence-electron chi connectivity index (χ3n) is 1.31. The Morgan fingerprint density at radius 1 is 1.33 bits per heavy atom. The summed E-state index contributed by atoms with van der Waals surface area (Å²) >= 11 is 4.49. The molecule has 4 heteroatoms. The van der Waals surface area contributed by atoms with Crippen molar-refractivity contribution in [3.8, 4) is 0 Å². The highest BCUT2D eigenvalue weighted by atomic mass is 32.1. The fourth-order valence-electron chi connectivity index (χ4n) is 0.799. The lowest BCUT2D eigenvalue weighted by Crippen LogP contribution is -2.28. The van der Waals surface area contributed by atoms with Gasteiger partial charge in [0.25, 0.3) is 0 Å². The Kier molecular flexibility index (Phi) is 7.20. The van der Waals surface area contributed by atoms with Crippen LogP contribution in [0.4, 0.5) is 0 Å². The molecule has 0 rings (SSSR count). The van der Waals surface area contributed by atoms with Gasteiger partial charge in [0.1, 0.15) is 6.04 Å². The van der Waals surface area contributed by atoms with Crippen molar-refractivity contribution >= 4 is 17.4 Å².